The number of aromatic nitrogens is 1. The Balaban J connectivity index is 1.68. The van der Waals surface area contributed by atoms with Crippen LogP contribution in [0.3, 0.4) is 0 Å². The highest BCUT2D eigenvalue weighted by atomic mass is 32.2. The van der Waals surface area contributed by atoms with Crippen LogP contribution in [0.1, 0.15) is 69.1 Å². The second-order valence-electron chi connectivity index (χ2n) is 10.5. The third-order valence-corrected chi connectivity index (χ3v) is 9.08. The van der Waals surface area contributed by atoms with Crippen LogP contribution in [0.25, 0.3) is 6.08 Å². The first kappa shape index (κ1) is 30.8. The number of hydrogen-bond acceptors (Lipinski definition) is 7. The zero-order valence-electron chi connectivity index (χ0n) is 24.1. The normalized spacial score (nSPS) is 16.7. The molecule has 7 nitrogen and oxygen atoms in total. The van der Waals surface area contributed by atoms with Crippen molar-refractivity contribution in [3.8, 4) is 6.07 Å². The number of piperazine rings is 1. The van der Waals surface area contributed by atoms with Gasteiger partial charge in [0.15, 0.2) is 0 Å². The van der Waals surface area contributed by atoms with Gasteiger partial charge in [0, 0.05) is 50.5 Å². The monoisotopic (exact) mass is 595 g/mol. The van der Waals surface area contributed by atoms with E-state index in [2.05, 4.69) is 22.8 Å². The molecule has 3 heterocycles. The zero-order chi connectivity index (χ0) is 29.5. The molecule has 10 heteroatoms. The number of carbonyl (C=O) groups is 1. The molecular formula is C31H38FN5O2S2. The van der Waals surface area contributed by atoms with E-state index in [0.29, 0.717) is 59.6 Å². The molecule has 218 valence electrons. The zero-order valence-corrected chi connectivity index (χ0v) is 25.8. The number of pyridine rings is 1. The molecule has 0 N–H and O–H groups in total. The van der Waals surface area contributed by atoms with Gasteiger partial charge in [0.2, 0.25) is 0 Å². The Morgan fingerprint density at radius 3 is 2.27 bits per heavy atom. The lowest BCUT2D eigenvalue weighted by molar-refractivity contribution is -0.122. The molecular weight excluding hydrogens is 558 g/mol. The Kier molecular flexibility index (Phi) is 10.6. The minimum Gasteiger partial charge on any atom is -0.368 e. The fourth-order valence-electron chi connectivity index (χ4n) is 5.44. The van der Waals surface area contributed by atoms with Crippen molar-refractivity contribution in [3.63, 3.8) is 0 Å². The minimum absolute atomic E-state index is 0.102. The topological polar surface area (TPSA) is 72.6 Å². The fraction of sp³-hybridized carbons (Fsp3) is 0.484. The van der Waals surface area contributed by atoms with Gasteiger partial charge in [-0.1, -0.05) is 63.5 Å². The lowest BCUT2D eigenvalue weighted by Crippen LogP contribution is -2.48. The van der Waals surface area contributed by atoms with Crippen LogP contribution >= 0.6 is 24.0 Å². The maximum atomic E-state index is 13.5. The van der Waals surface area contributed by atoms with Crippen molar-refractivity contribution in [2.75, 3.05) is 42.5 Å². The van der Waals surface area contributed by atoms with Gasteiger partial charge in [0.05, 0.1) is 4.91 Å². The van der Waals surface area contributed by atoms with Gasteiger partial charge in [-0.3, -0.25) is 19.1 Å². The number of carbonyl (C=O) groups excluding carboxylic acids is 1. The average molecular weight is 596 g/mol. The first-order valence-electron chi connectivity index (χ1n) is 14.5. The van der Waals surface area contributed by atoms with Gasteiger partial charge in [0.1, 0.15) is 27.6 Å². The molecule has 2 aliphatic rings. The van der Waals surface area contributed by atoms with Crippen molar-refractivity contribution in [1.82, 2.24) is 9.47 Å². The third kappa shape index (κ3) is 6.84. The van der Waals surface area contributed by atoms with Crippen molar-refractivity contribution in [3.05, 3.63) is 62.0 Å². The maximum absolute atomic E-state index is 13.5. The summed E-state index contributed by atoms with van der Waals surface area (Å²) in [7, 11) is 0. The van der Waals surface area contributed by atoms with Gasteiger partial charge in [-0.15, -0.1) is 0 Å². The summed E-state index contributed by atoms with van der Waals surface area (Å²) in [4.78, 5) is 33.5. The predicted octanol–water partition coefficient (Wildman–Crippen LogP) is 6.08. The van der Waals surface area contributed by atoms with E-state index < -0.39 is 0 Å². The number of nitriles is 1. The van der Waals surface area contributed by atoms with E-state index in [1.54, 1.807) is 28.5 Å². The Labute approximate surface area is 251 Å². The van der Waals surface area contributed by atoms with E-state index in [9.17, 15) is 19.2 Å². The molecule has 0 unspecified atom stereocenters. The van der Waals surface area contributed by atoms with Crippen molar-refractivity contribution in [2.45, 2.75) is 65.8 Å². The Bertz CT molecular complexity index is 1410. The molecule has 2 fully saturated rings. The molecule has 0 bridgehead atoms. The first-order valence-corrected chi connectivity index (χ1v) is 15.7. The van der Waals surface area contributed by atoms with E-state index in [1.807, 2.05) is 13.0 Å². The minimum atomic E-state index is -0.306. The quantitative estimate of drug-likeness (QED) is 0.177. The van der Waals surface area contributed by atoms with Gasteiger partial charge >= 0.3 is 0 Å². The molecule has 0 atom stereocenters. The van der Waals surface area contributed by atoms with Crippen LogP contribution < -0.4 is 15.4 Å². The van der Waals surface area contributed by atoms with E-state index in [0.717, 1.165) is 43.6 Å². The summed E-state index contributed by atoms with van der Waals surface area (Å²) in [5.41, 5.74) is 2.04. The molecule has 0 saturated carbocycles. The van der Waals surface area contributed by atoms with Gasteiger partial charge in [-0.25, -0.2) is 4.39 Å². The van der Waals surface area contributed by atoms with Crippen LogP contribution in [0.2, 0.25) is 0 Å². The van der Waals surface area contributed by atoms with Crippen LogP contribution in [0.5, 0.6) is 0 Å². The summed E-state index contributed by atoms with van der Waals surface area (Å²) >= 11 is 6.87. The van der Waals surface area contributed by atoms with Crippen LogP contribution in [0, 0.1) is 24.1 Å². The Morgan fingerprint density at radius 1 is 0.976 bits per heavy atom. The van der Waals surface area contributed by atoms with E-state index in [1.165, 1.54) is 30.3 Å². The van der Waals surface area contributed by atoms with Gasteiger partial charge < -0.3 is 9.80 Å². The second kappa shape index (κ2) is 14.1. The molecule has 2 saturated heterocycles. The SMILES string of the molecule is CCCCCCCN1C(=O)C(=Cc2c(C)c(C#N)c(=O)n(CCC)c2N2CCN(c3ccc(F)cc3)CC2)SC1=S. The standard InChI is InChI=1S/C31H38FN5O2S2/c1-4-6-7-8-9-15-37-30(39)27(41-31(37)40)20-25-22(3)26(21-33)29(38)36(14-5-2)28(25)35-18-16-34(17-19-35)24-12-10-23(32)11-13-24/h10-13,20H,4-9,14-19H2,1-3H3. The number of rotatable bonds is 11. The number of halogens is 1. The molecule has 2 aromatic rings. The highest BCUT2D eigenvalue weighted by Gasteiger charge is 2.33. The van der Waals surface area contributed by atoms with Crippen molar-refractivity contribution in [1.29, 1.82) is 5.26 Å². The third-order valence-electron chi connectivity index (χ3n) is 7.70. The van der Waals surface area contributed by atoms with Crippen LogP contribution in [-0.4, -0.2) is 52.4 Å². The van der Waals surface area contributed by atoms with Crippen molar-refractivity contribution >= 4 is 51.8 Å². The van der Waals surface area contributed by atoms with Crippen LogP contribution in [0.4, 0.5) is 15.9 Å². The number of nitrogens with zero attached hydrogens (tertiary/aromatic N) is 5. The summed E-state index contributed by atoms with van der Waals surface area (Å²) < 4.78 is 15.7. The Morgan fingerprint density at radius 2 is 1.63 bits per heavy atom. The van der Waals surface area contributed by atoms with Gasteiger partial charge in [-0.05, 0) is 55.7 Å². The summed E-state index contributed by atoms with van der Waals surface area (Å²) in [5, 5.41) is 9.92. The number of anilines is 2. The lowest BCUT2D eigenvalue weighted by Gasteiger charge is -2.39. The van der Waals surface area contributed by atoms with Gasteiger partial charge in [0.25, 0.3) is 11.5 Å². The summed E-state index contributed by atoms with van der Waals surface area (Å²) in [6, 6.07) is 8.60. The predicted molar refractivity (Wildman–Crippen MR) is 170 cm³/mol. The summed E-state index contributed by atoms with van der Waals surface area (Å²) in [5.74, 6) is 0.348. The van der Waals surface area contributed by atoms with E-state index >= 15 is 0 Å². The number of amides is 1. The molecule has 4 rings (SSSR count). The molecule has 1 amide bonds. The average Bonchev–Trinajstić information content (AvgIpc) is 3.23. The largest absolute Gasteiger partial charge is 0.368 e. The molecule has 0 spiro atoms. The fourth-order valence-corrected chi connectivity index (χ4v) is 6.73. The van der Waals surface area contributed by atoms with Crippen LogP contribution in [0.15, 0.2) is 34.0 Å². The molecule has 1 aromatic heterocycles. The van der Waals surface area contributed by atoms with Crippen molar-refractivity contribution in [2.24, 2.45) is 0 Å². The highest BCUT2D eigenvalue weighted by Crippen LogP contribution is 2.36. The molecule has 0 aliphatic carbocycles. The van der Waals surface area contributed by atoms with Crippen molar-refractivity contribution < 1.29 is 9.18 Å². The molecule has 1 aromatic carbocycles. The number of unbranched alkanes of at least 4 members (excludes halogenated alkanes) is 4. The number of benzene rings is 1. The van der Waals surface area contributed by atoms with Gasteiger partial charge in [-0.2, -0.15) is 5.26 Å². The smallest absolute Gasteiger partial charge is 0.270 e. The second-order valence-corrected chi connectivity index (χ2v) is 12.2. The number of thioether (sulfide) groups is 1. The number of hydrogen-bond donors (Lipinski definition) is 0. The summed E-state index contributed by atoms with van der Waals surface area (Å²) in [6.45, 7) is 9.65. The van der Waals surface area contributed by atoms with E-state index in [4.69, 9.17) is 12.2 Å². The maximum Gasteiger partial charge on any atom is 0.270 e. The lowest BCUT2D eigenvalue weighted by atomic mass is 10.0. The molecule has 2 aliphatic heterocycles. The highest BCUT2D eigenvalue weighted by molar-refractivity contribution is 8.26. The van der Waals surface area contributed by atoms with E-state index in [-0.39, 0.29) is 22.8 Å². The van der Waals surface area contributed by atoms with Crippen LogP contribution in [-0.2, 0) is 11.3 Å². The first-order chi connectivity index (χ1) is 19.8. The Hall–Kier alpha value is -3.16. The summed E-state index contributed by atoms with van der Waals surface area (Å²) in [6.07, 6.45) is 8.02. The molecule has 0 radical (unpaired) electrons. The molecule has 41 heavy (non-hydrogen) atoms. The number of thiocarbonyl (C=S) groups is 1.